The van der Waals surface area contributed by atoms with E-state index in [2.05, 4.69) is 26.7 Å². The summed E-state index contributed by atoms with van der Waals surface area (Å²) >= 11 is 9.27. The number of nitrogens with one attached hydrogen (secondary N) is 2. The number of carbonyl (C=O) groups excluding carboxylic acids is 1. The molecule has 0 aliphatic heterocycles. The van der Waals surface area contributed by atoms with Crippen molar-refractivity contribution in [3.8, 4) is 5.75 Å². The van der Waals surface area contributed by atoms with E-state index in [4.69, 9.17) is 22.2 Å². The first-order valence-corrected chi connectivity index (χ1v) is 7.13. The molecule has 0 saturated carbocycles. The molecule has 2 rings (SSSR count). The number of methoxy groups -OCH3 is 1. The highest BCUT2D eigenvalue weighted by Crippen LogP contribution is 2.29. The molecule has 0 atom stereocenters. The van der Waals surface area contributed by atoms with Gasteiger partial charge in [0, 0.05) is 9.50 Å². The summed E-state index contributed by atoms with van der Waals surface area (Å²) in [5.41, 5.74) is 3.83. The molecule has 2 aromatic carbocycles. The number of anilines is 2. The average molecular weight is 371 g/mol. The standard InChI is InChI=1S/C14H13BrClN3O2/c1-21-13-5-2-8(15)6-12(13)18-14(20)10-7-9(16)3-4-11(10)19-17/h2-7,19H,17H2,1H3,(H,18,20). The van der Waals surface area contributed by atoms with Crippen molar-refractivity contribution in [2.45, 2.75) is 0 Å². The van der Waals surface area contributed by atoms with Gasteiger partial charge in [0.05, 0.1) is 24.0 Å². The third-order valence-electron chi connectivity index (χ3n) is 2.79. The molecule has 0 unspecified atom stereocenters. The molecule has 7 heteroatoms. The minimum atomic E-state index is -0.346. The maximum Gasteiger partial charge on any atom is 0.257 e. The summed E-state index contributed by atoms with van der Waals surface area (Å²) in [7, 11) is 1.53. The van der Waals surface area contributed by atoms with Crippen LogP contribution in [0.3, 0.4) is 0 Å². The van der Waals surface area contributed by atoms with E-state index >= 15 is 0 Å². The zero-order valence-corrected chi connectivity index (χ0v) is 13.5. The van der Waals surface area contributed by atoms with E-state index in [1.807, 2.05) is 6.07 Å². The zero-order valence-electron chi connectivity index (χ0n) is 11.1. The van der Waals surface area contributed by atoms with E-state index < -0.39 is 0 Å². The fraction of sp³-hybridized carbons (Fsp3) is 0.0714. The predicted molar refractivity (Wildman–Crippen MR) is 87.9 cm³/mol. The molecule has 0 aliphatic rings. The van der Waals surface area contributed by atoms with Gasteiger partial charge in [-0.15, -0.1) is 0 Å². The van der Waals surface area contributed by atoms with Gasteiger partial charge in [-0.3, -0.25) is 10.6 Å². The van der Waals surface area contributed by atoms with Crippen molar-refractivity contribution in [2.75, 3.05) is 17.9 Å². The number of hydrazine groups is 1. The Balaban J connectivity index is 2.34. The van der Waals surface area contributed by atoms with E-state index in [1.54, 1.807) is 24.3 Å². The average Bonchev–Trinajstić information content (AvgIpc) is 2.47. The lowest BCUT2D eigenvalue weighted by Gasteiger charge is -2.13. The molecule has 0 radical (unpaired) electrons. The van der Waals surface area contributed by atoms with Gasteiger partial charge in [-0.1, -0.05) is 27.5 Å². The van der Waals surface area contributed by atoms with E-state index in [9.17, 15) is 4.79 Å². The molecule has 2 aromatic rings. The van der Waals surface area contributed by atoms with Gasteiger partial charge in [-0.25, -0.2) is 0 Å². The SMILES string of the molecule is COc1ccc(Br)cc1NC(=O)c1cc(Cl)ccc1NN. The maximum absolute atomic E-state index is 12.4. The highest BCUT2D eigenvalue weighted by atomic mass is 79.9. The van der Waals surface area contributed by atoms with Crippen molar-refractivity contribution in [1.82, 2.24) is 0 Å². The molecular formula is C14H13BrClN3O2. The Bertz CT molecular complexity index is 679. The van der Waals surface area contributed by atoms with Gasteiger partial charge in [0.15, 0.2) is 0 Å². The van der Waals surface area contributed by atoms with Crippen molar-refractivity contribution in [3.63, 3.8) is 0 Å². The first-order chi connectivity index (χ1) is 10.0. The number of nitrogens with two attached hydrogens (primary N) is 1. The van der Waals surface area contributed by atoms with Gasteiger partial charge in [-0.05, 0) is 36.4 Å². The lowest BCUT2D eigenvalue weighted by Crippen LogP contribution is -2.17. The number of carbonyl (C=O) groups is 1. The Labute approximate surface area is 135 Å². The van der Waals surface area contributed by atoms with Gasteiger partial charge < -0.3 is 15.5 Å². The van der Waals surface area contributed by atoms with Crippen molar-refractivity contribution in [3.05, 3.63) is 51.5 Å². The van der Waals surface area contributed by atoms with Gasteiger partial charge in [0.1, 0.15) is 5.75 Å². The zero-order chi connectivity index (χ0) is 15.4. The van der Waals surface area contributed by atoms with Gasteiger partial charge >= 0.3 is 0 Å². The topological polar surface area (TPSA) is 76.4 Å². The minimum absolute atomic E-state index is 0.340. The molecular weight excluding hydrogens is 358 g/mol. The molecule has 0 aliphatic carbocycles. The second-order valence-corrected chi connectivity index (χ2v) is 5.49. The number of amides is 1. The van der Waals surface area contributed by atoms with E-state index in [1.165, 1.54) is 13.2 Å². The van der Waals surface area contributed by atoms with Crippen LogP contribution in [0.4, 0.5) is 11.4 Å². The molecule has 0 heterocycles. The van der Waals surface area contributed by atoms with Gasteiger partial charge in [0.25, 0.3) is 5.91 Å². The summed E-state index contributed by atoms with van der Waals surface area (Å²) in [5, 5.41) is 3.22. The summed E-state index contributed by atoms with van der Waals surface area (Å²) in [6.45, 7) is 0. The Kier molecular flexibility index (Phi) is 5.06. The Hall–Kier alpha value is -1.76. The predicted octanol–water partition coefficient (Wildman–Crippen LogP) is 3.65. The molecule has 0 spiro atoms. The van der Waals surface area contributed by atoms with Crippen LogP contribution in [0.1, 0.15) is 10.4 Å². The molecule has 0 bridgehead atoms. The van der Waals surface area contributed by atoms with Crippen molar-refractivity contribution in [1.29, 1.82) is 0 Å². The smallest absolute Gasteiger partial charge is 0.257 e. The quantitative estimate of drug-likeness (QED) is 0.567. The van der Waals surface area contributed by atoms with Gasteiger partial charge in [0.2, 0.25) is 0 Å². The monoisotopic (exact) mass is 369 g/mol. The van der Waals surface area contributed by atoms with E-state index in [-0.39, 0.29) is 5.91 Å². The second-order valence-electron chi connectivity index (χ2n) is 4.13. The van der Waals surface area contributed by atoms with Crippen LogP contribution < -0.4 is 21.3 Å². The molecule has 5 nitrogen and oxygen atoms in total. The van der Waals surface area contributed by atoms with E-state index in [0.29, 0.717) is 27.7 Å². The minimum Gasteiger partial charge on any atom is -0.495 e. The fourth-order valence-electron chi connectivity index (χ4n) is 1.80. The highest BCUT2D eigenvalue weighted by molar-refractivity contribution is 9.10. The molecule has 110 valence electrons. The maximum atomic E-state index is 12.4. The number of benzene rings is 2. The van der Waals surface area contributed by atoms with Crippen LogP contribution in [0, 0.1) is 0 Å². The number of hydrogen-bond donors (Lipinski definition) is 3. The van der Waals surface area contributed by atoms with Gasteiger partial charge in [-0.2, -0.15) is 0 Å². The van der Waals surface area contributed by atoms with Crippen LogP contribution in [0.15, 0.2) is 40.9 Å². The summed E-state index contributed by atoms with van der Waals surface area (Å²) in [6, 6.07) is 10.1. The lowest BCUT2D eigenvalue weighted by molar-refractivity contribution is 0.102. The summed E-state index contributed by atoms with van der Waals surface area (Å²) in [5.74, 6) is 5.61. The number of rotatable bonds is 4. The fourth-order valence-corrected chi connectivity index (χ4v) is 2.33. The molecule has 0 aromatic heterocycles. The number of ether oxygens (including phenoxy) is 1. The van der Waals surface area contributed by atoms with Crippen LogP contribution in [0.2, 0.25) is 5.02 Å². The van der Waals surface area contributed by atoms with Crippen LogP contribution in [0.25, 0.3) is 0 Å². The second kappa shape index (κ2) is 6.80. The number of nitrogen functional groups attached to an aromatic ring is 1. The third-order valence-corrected chi connectivity index (χ3v) is 3.52. The van der Waals surface area contributed by atoms with Crippen LogP contribution in [0.5, 0.6) is 5.75 Å². The summed E-state index contributed by atoms with van der Waals surface area (Å²) < 4.78 is 6.04. The number of hydrogen-bond acceptors (Lipinski definition) is 4. The number of halogens is 2. The van der Waals surface area contributed by atoms with Crippen LogP contribution in [-0.2, 0) is 0 Å². The third kappa shape index (κ3) is 3.66. The Morgan fingerprint density at radius 3 is 2.67 bits per heavy atom. The normalized spacial score (nSPS) is 10.1. The van der Waals surface area contributed by atoms with Crippen molar-refractivity contribution in [2.24, 2.45) is 5.84 Å². The van der Waals surface area contributed by atoms with Crippen molar-refractivity contribution < 1.29 is 9.53 Å². The molecule has 21 heavy (non-hydrogen) atoms. The highest BCUT2D eigenvalue weighted by Gasteiger charge is 2.14. The first-order valence-electron chi connectivity index (χ1n) is 5.96. The molecule has 1 amide bonds. The molecule has 4 N–H and O–H groups in total. The lowest BCUT2D eigenvalue weighted by atomic mass is 10.1. The molecule has 0 fully saturated rings. The Morgan fingerprint density at radius 2 is 2.00 bits per heavy atom. The van der Waals surface area contributed by atoms with E-state index in [0.717, 1.165) is 4.47 Å². The van der Waals surface area contributed by atoms with Crippen LogP contribution >= 0.6 is 27.5 Å². The largest absolute Gasteiger partial charge is 0.495 e. The van der Waals surface area contributed by atoms with Crippen LogP contribution in [-0.4, -0.2) is 13.0 Å². The van der Waals surface area contributed by atoms with Crippen molar-refractivity contribution >= 4 is 44.8 Å². The summed E-state index contributed by atoms with van der Waals surface area (Å²) in [6.07, 6.45) is 0. The summed E-state index contributed by atoms with van der Waals surface area (Å²) in [4.78, 5) is 12.4. The Morgan fingerprint density at radius 1 is 1.24 bits per heavy atom. The first kappa shape index (κ1) is 15.6. The molecule has 0 saturated heterocycles.